The fraction of sp³-hybridized carbons (Fsp3) is 0.600. The van der Waals surface area contributed by atoms with Crippen molar-refractivity contribution >= 4 is 34.7 Å². The zero-order valence-electron chi connectivity index (χ0n) is 5.49. The first-order valence-electron chi connectivity index (χ1n) is 2.71. The molecule has 0 aromatic heterocycles. The number of carbonyl (C=O) groups excluding carboxylic acids is 2. The monoisotopic (exact) mass is 177 g/mol. The van der Waals surface area contributed by atoms with Gasteiger partial charge in [0.25, 0.3) is 5.24 Å². The molecule has 1 rings (SSSR count). The van der Waals surface area contributed by atoms with Gasteiger partial charge in [-0.3, -0.25) is 14.5 Å². The van der Waals surface area contributed by atoms with E-state index in [-0.39, 0.29) is 11.1 Å². The fourth-order valence-electron chi connectivity index (χ4n) is 0.635. The van der Waals surface area contributed by atoms with E-state index in [1.165, 1.54) is 16.7 Å². The highest BCUT2D eigenvalue weighted by molar-refractivity contribution is 8.14. The highest BCUT2D eigenvalue weighted by Gasteiger charge is 2.28. The number of rotatable bonds is 2. The van der Waals surface area contributed by atoms with Crippen molar-refractivity contribution < 1.29 is 9.59 Å². The summed E-state index contributed by atoms with van der Waals surface area (Å²) in [5.74, 6) is 0.744. The number of imide groups is 1. The van der Waals surface area contributed by atoms with Gasteiger partial charge in [-0.1, -0.05) is 11.8 Å². The Morgan fingerprint density at radius 3 is 2.80 bits per heavy atom. The van der Waals surface area contributed by atoms with Crippen molar-refractivity contribution in [2.45, 2.75) is 0 Å². The summed E-state index contributed by atoms with van der Waals surface area (Å²) >= 11 is 2.55. The van der Waals surface area contributed by atoms with Gasteiger partial charge >= 0.3 is 0 Å². The van der Waals surface area contributed by atoms with E-state index in [1.54, 1.807) is 0 Å². The summed E-state index contributed by atoms with van der Waals surface area (Å²) in [6.45, 7) is 0. The van der Waals surface area contributed by atoms with Crippen LogP contribution in [-0.2, 0) is 4.79 Å². The molecule has 0 saturated carbocycles. The Morgan fingerprint density at radius 2 is 2.40 bits per heavy atom. The molecule has 1 fully saturated rings. The number of carbonyl (C=O) groups is 2. The zero-order chi connectivity index (χ0) is 7.56. The molecule has 0 aromatic carbocycles. The minimum atomic E-state index is -0.112. The number of thioether (sulfide) groups is 2. The number of hydrogen-bond donors (Lipinski definition) is 0. The summed E-state index contributed by atoms with van der Waals surface area (Å²) in [6, 6.07) is 0. The Hall–Kier alpha value is -0.160. The van der Waals surface area contributed by atoms with Gasteiger partial charge in [0.15, 0.2) is 0 Å². The van der Waals surface area contributed by atoms with Crippen LogP contribution in [-0.4, -0.2) is 33.9 Å². The minimum Gasteiger partial charge on any atom is -0.273 e. The quantitative estimate of drug-likeness (QED) is 0.630. The average Bonchev–Trinajstić information content (AvgIpc) is 2.20. The minimum absolute atomic E-state index is 0.0654. The molecule has 0 unspecified atom stereocenters. The lowest BCUT2D eigenvalue weighted by molar-refractivity contribution is -0.123. The first kappa shape index (κ1) is 7.94. The Bertz CT molecular complexity index is 155. The third-order valence-electron chi connectivity index (χ3n) is 1.10. The molecule has 0 aromatic rings. The van der Waals surface area contributed by atoms with Crippen LogP contribution < -0.4 is 0 Å². The van der Waals surface area contributed by atoms with Crippen LogP contribution in [0.25, 0.3) is 0 Å². The van der Waals surface area contributed by atoms with Gasteiger partial charge in [0.05, 0.1) is 11.6 Å². The Morgan fingerprint density at radius 1 is 1.70 bits per heavy atom. The van der Waals surface area contributed by atoms with Gasteiger partial charge in [-0.25, -0.2) is 0 Å². The summed E-state index contributed by atoms with van der Waals surface area (Å²) in [7, 11) is 0. The van der Waals surface area contributed by atoms with Crippen molar-refractivity contribution in [3.63, 3.8) is 0 Å². The molecule has 0 aliphatic carbocycles. The van der Waals surface area contributed by atoms with Crippen LogP contribution in [0.3, 0.4) is 0 Å². The maximum atomic E-state index is 10.8. The van der Waals surface area contributed by atoms with Gasteiger partial charge in [0.2, 0.25) is 5.91 Å². The van der Waals surface area contributed by atoms with E-state index >= 15 is 0 Å². The standard InChI is InChI=1S/C5H7NO2S2/c1-9-3-6-4(7)2-10-5(6)8/h2-3H2,1H3. The molecule has 0 spiro atoms. The van der Waals surface area contributed by atoms with Gasteiger partial charge < -0.3 is 0 Å². The molecule has 0 radical (unpaired) electrons. The van der Waals surface area contributed by atoms with Gasteiger partial charge in [-0.2, -0.15) is 0 Å². The SMILES string of the molecule is CSCN1C(=O)CSC1=O. The van der Waals surface area contributed by atoms with E-state index < -0.39 is 0 Å². The lowest BCUT2D eigenvalue weighted by Gasteiger charge is -2.08. The van der Waals surface area contributed by atoms with Crippen LogP contribution in [0.15, 0.2) is 0 Å². The predicted octanol–water partition coefficient (Wildman–Crippen LogP) is 1.00. The number of amides is 2. The van der Waals surface area contributed by atoms with E-state index in [0.29, 0.717) is 11.6 Å². The van der Waals surface area contributed by atoms with Gasteiger partial charge in [-0.15, -0.1) is 11.8 Å². The molecular weight excluding hydrogens is 170 g/mol. The largest absolute Gasteiger partial charge is 0.289 e. The molecular formula is C5H7NO2S2. The topological polar surface area (TPSA) is 37.4 Å². The molecule has 0 N–H and O–H groups in total. The van der Waals surface area contributed by atoms with Crippen LogP contribution >= 0.6 is 23.5 Å². The molecule has 3 nitrogen and oxygen atoms in total. The zero-order valence-corrected chi connectivity index (χ0v) is 7.13. The van der Waals surface area contributed by atoms with Gasteiger partial charge in [0.1, 0.15) is 0 Å². The fourth-order valence-corrected chi connectivity index (χ4v) is 1.96. The maximum Gasteiger partial charge on any atom is 0.289 e. The van der Waals surface area contributed by atoms with E-state index in [4.69, 9.17) is 0 Å². The average molecular weight is 177 g/mol. The Labute approximate surface area is 67.5 Å². The molecule has 10 heavy (non-hydrogen) atoms. The molecule has 5 heteroatoms. The molecule has 56 valence electrons. The highest BCUT2D eigenvalue weighted by Crippen LogP contribution is 2.19. The van der Waals surface area contributed by atoms with Crippen LogP contribution in [0, 0.1) is 0 Å². The third kappa shape index (κ3) is 1.46. The molecule has 1 saturated heterocycles. The molecule has 1 aliphatic heterocycles. The van der Waals surface area contributed by atoms with E-state index in [9.17, 15) is 9.59 Å². The van der Waals surface area contributed by atoms with Gasteiger partial charge in [-0.05, 0) is 6.26 Å². The predicted molar refractivity (Wildman–Crippen MR) is 43.1 cm³/mol. The normalized spacial score (nSPS) is 18.7. The molecule has 1 aliphatic rings. The van der Waals surface area contributed by atoms with Crippen LogP contribution in [0.1, 0.15) is 0 Å². The van der Waals surface area contributed by atoms with E-state index in [2.05, 4.69) is 0 Å². The second kappa shape index (κ2) is 3.30. The van der Waals surface area contributed by atoms with Crippen LogP contribution in [0.2, 0.25) is 0 Å². The number of hydrogen-bond acceptors (Lipinski definition) is 4. The van der Waals surface area contributed by atoms with Crippen molar-refractivity contribution in [2.24, 2.45) is 0 Å². The van der Waals surface area contributed by atoms with Crippen LogP contribution in [0.5, 0.6) is 0 Å². The highest BCUT2D eigenvalue weighted by atomic mass is 32.2. The Kier molecular flexibility index (Phi) is 2.62. The van der Waals surface area contributed by atoms with Crippen molar-refractivity contribution in [2.75, 3.05) is 17.9 Å². The second-order valence-corrected chi connectivity index (χ2v) is 3.56. The molecule has 0 atom stereocenters. The molecule has 1 heterocycles. The molecule has 0 bridgehead atoms. The second-order valence-electron chi connectivity index (χ2n) is 1.79. The molecule has 2 amide bonds. The van der Waals surface area contributed by atoms with Crippen molar-refractivity contribution in [3.05, 3.63) is 0 Å². The first-order valence-corrected chi connectivity index (χ1v) is 5.09. The summed E-state index contributed by atoms with van der Waals surface area (Å²) in [5.41, 5.74) is 0. The summed E-state index contributed by atoms with van der Waals surface area (Å²) < 4.78 is 0. The summed E-state index contributed by atoms with van der Waals surface area (Å²) in [6.07, 6.45) is 1.86. The third-order valence-corrected chi connectivity index (χ3v) is 2.47. The number of nitrogens with zero attached hydrogens (tertiary/aromatic N) is 1. The summed E-state index contributed by atoms with van der Waals surface area (Å²) in [4.78, 5) is 22.9. The first-order chi connectivity index (χ1) is 4.75. The van der Waals surface area contributed by atoms with Crippen molar-refractivity contribution in [1.82, 2.24) is 4.90 Å². The lowest BCUT2D eigenvalue weighted by Crippen LogP contribution is -2.27. The van der Waals surface area contributed by atoms with E-state index in [0.717, 1.165) is 11.8 Å². The smallest absolute Gasteiger partial charge is 0.273 e. The lowest BCUT2D eigenvalue weighted by atomic mass is 10.6. The Balaban J connectivity index is 2.54. The maximum absolute atomic E-state index is 10.8. The van der Waals surface area contributed by atoms with Crippen molar-refractivity contribution in [1.29, 1.82) is 0 Å². The van der Waals surface area contributed by atoms with Crippen LogP contribution in [0.4, 0.5) is 4.79 Å². The van der Waals surface area contributed by atoms with Gasteiger partial charge in [0, 0.05) is 0 Å². The van der Waals surface area contributed by atoms with Crippen molar-refractivity contribution in [3.8, 4) is 0 Å². The van der Waals surface area contributed by atoms with E-state index in [1.807, 2.05) is 6.26 Å². The summed E-state index contributed by atoms with van der Waals surface area (Å²) in [5, 5.41) is -0.112.